The summed E-state index contributed by atoms with van der Waals surface area (Å²) in [5.74, 6) is 1.20. The molecule has 0 N–H and O–H groups in total. The molecule has 32 heavy (non-hydrogen) atoms. The Balaban J connectivity index is 0.00000289. The Morgan fingerprint density at radius 2 is 1.75 bits per heavy atom. The number of fused-ring (bicyclic) bond motifs is 1. The minimum Gasteiger partial charge on any atom is -0.493 e. The molecule has 0 radical (unpaired) electrons. The lowest BCUT2D eigenvalue weighted by molar-refractivity contribution is 0.224. The van der Waals surface area contributed by atoms with Crippen molar-refractivity contribution in [3.63, 3.8) is 0 Å². The van der Waals surface area contributed by atoms with Crippen molar-refractivity contribution in [1.82, 2.24) is 14.0 Å². The van der Waals surface area contributed by atoms with Crippen LogP contribution in [0.5, 0.6) is 5.75 Å². The lowest BCUT2D eigenvalue weighted by Gasteiger charge is -2.36. The Morgan fingerprint density at radius 3 is 2.50 bits per heavy atom. The van der Waals surface area contributed by atoms with E-state index in [0.29, 0.717) is 29.1 Å². The summed E-state index contributed by atoms with van der Waals surface area (Å²) in [5, 5.41) is 0.471. The number of anilines is 1. The van der Waals surface area contributed by atoms with Crippen molar-refractivity contribution in [3.8, 4) is 5.75 Å². The Morgan fingerprint density at radius 1 is 1.00 bits per heavy atom. The SMILES string of the molecule is Cl.Cn1c(N2CCN(CCCOc3cccc4occc(=O)c34)CC2)cc(=O)n(C)c1=O. The summed E-state index contributed by atoms with van der Waals surface area (Å²) in [4.78, 5) is 40.7. The third-order valence-electron chi connectivity index (χ3n) is 5.72. The summed E-state index contributed by atoms with van der Waals surface area (Å²) in [6, 6.07) is 8.26. The van der Waals surface area contributed by atoms with Crippen molar-refractivity contribution >= 4 is 29.2 Å². The predicted molar refractivity (Wildman–Crippen MR) is 125 cm³/mol. The van der Waals surface area contributed by atoms with Crippen LogP contribution in [-0.4, -0.2) is 53.4 Å². The van der Waals surface area contributed by atoms with Crippen molar-refractivity contribution < 1.29 is 9.15 Å². The van der Waals surface area contributed by atoms with Gasteiger partial charge in [-0.05, 0) is 18.6 Å². The first-order valence-corrected chi connectivity index (χ1v) is 10.3. The Bertz CT molecular complexity index is 1250. The Labute approximate surface area is 190 Å². The van der Waals surface area contributed by atoms with Crippen LogP contribution in [-0.2, 0) is 14.1 Å². The van der Waals surface area contributed by atoms with Gasteiger partial charge in [0.05, 0.1) is 12.9 Å². The number of piperazine rings is 1. The fourth-order valence-corrected chi connectivity index (χ4v) is 3.92. The zero-order chi connectivity index (χ0) is 22.0. The molecule has 4 rings (SSSR count). The van der Waals surface area contributed by atoms with Gasteiger partial charge >= 0.3 is 5.69 Å². The molecule has 0 aliphatic carbocycles. The number of hydrogen-bond acceptors (Lipinski definition) is 7. The number of halogens is 1. The van der Waals surface area contributed by atoms with E-state index in [2.05, 4.69) is 9.80 Å². The number of hydrogen-bond donors (Lipinski definition) is 0. The molecule has 0 unspecified atom stereocenters. The zero-order valence-electron chi connectivity index (χ0n) is 18.2. The second-order valence-corrected chi connectivity index (χ2v) is 7.69. The van der Waals surface area contributed by atoms with E-state index in [1.807, 2.05) is 6.07 Å². The molecule has 1 aromatic carbocycles. The maximum atomic E-state index is 12.2. The number of ether oxygens (including phenoxy) is 1. The first-order valence-electron chi connectivity index (χ1n) is 10.3. The van der Waals surface area contributed by atoms with Crippen LogP contribution in [0, 0.1) is 0 Å². The van der Waals surface area contributed by atoms with Gasteiger partial charge in [-0.2, -0.15) is 0 Å². The number of nitrogens with zero attached hydrogens (tertiary/aromatic N) is 4. The molecule has 1 saturated heterocycles. The van der Waals surface area contributed by atoms with Crippen LogP contribution in [0.1, 0.15) is 6.42 Å². The van der Waals surface area contributed by atoms with Crippen LogP contribution in [0.15, 0.2) is 55.4 Å². The highest BCUT2D eigenvalue weighted by Crippen LogP contribution is 2.22. The van der Waals surface area contributed by atoms with Gasteiger partial charge in [0.25, 0.3) is 5.56 Å². The molecule has 0 atom stereocenters. The van der Waals surface area contributed by atoms with Gasteiger partial charge in [-0.15, -0.1) is 12.4 Å². The monoisotopic (exact) mass is 462 g/mol. The number of rotatable bonds is 6. The molecule has 1 aliphatic rings. The minimum absolute atomic E-state index is 0. The van der Waals surface area contributed by atoms with Crippen LogP contribution in [0.4, 0.5) is 5.82 Å². The Hall–Kier alpha value is -3.04. The van der Waals surface area contributed by atoms with Gasteiger partial charge < -0.3 is 14.1 Å². The van der Waals surface area contributed by atoms with E-state index >= 15 is 0 Å². The van der Waals surface area contributed by atoms with Gasteiger partial charge in [-0.1, -0.05) is 6.07 Å². The fraction of sp³-hybridized carbons (Fsp3) is 0.409. The Kier molecular flexibility index (Phi) is 7.42. The average molecular weight is 463 g/mol. The van der Waals surface area contributed by atoms with Crippen molar-refractivity contribution in [2.45, 2.75) is 6.42 Å². The van der Waals surface area contributed by atoms with Crippen molar-refractivity contribution in [2.75, 3.05) is 44.2 Å². The number of aromatic nitrogens is 2. The highest BCUT2D eigenvalue weighted by atomic mass is 35.5. The highest BCUT2D eigenvalue weighted by molar-refractivity contribution is 5.85. The van der Waals surface area contributed by atoms with Gasteiger partial charge in [0.2, 0.25) is 0 Å². The maximum absolute atomic E-state index is 12.2. The van der Waals surface area contributed by atoms with Crippen molar-refractivity contribution in [3.05, 3.63) is 67.7 Å². The van der Waals surface area contributed by atoms with Crippen LogP contribution in [0.2, 0.25) is 0 Å². The van der Waals surface area contributed by atoms with Gasteiger partial charge in [0.1, 0.15) is 22.5 Å². The summed E-state index contributed by atoms with van der Waals surface area (Å²) < 4.78 is 13.9. The van der Waals surface area contributed by atoms with Crippen molar-refractivity contribution in [1.29, 1.82) is 0 Å². The largest absolute Gasteiger partial charge is 0.493 e. The molecule has 0 amide bonds. The smallest absolute Gasteiger partial charge is 0.332 e. The summed E-state index contributed by atoms with van der Waals surface area (Å²) >= 11 is 0. The van der Waals surface area contributed by atoms with E-state index in [9.17, 15) is 14.4 Å². The molecular formula is C22H27ClN4O5. The standard InChI is InChI=1S/C22H26N4O5.ClH/c1-23-19(15-20(28)24(2)22(23)29)26-11-9-25(10-12-26)8-4-13-30-17-5-3-6-18-21(17)16(27)7-14-31-18;/h3,5-7,14-15H,4,8-13H2,1-2H3;1H. The normalized spacial score (nSPS) is 14.4. The maximum Gasteiger partial charge on any atom is 0.332 e. The fourth-order valence-electron chi connectivity index (χ4n) is 3.92. The van der Waals surface area contributed by atoms with E-state index in [-0.39, 0.29) is 29.1 Å². The quantitative estimate of drug-likeness (QED) is 0.508. The lowest BCUT2D eigenvalue weighted by atomic mass is 10.2. The van der Waals surface area contributed by atoms with Crippen LogP contribution < -0.4 is 26.3 Å². The van der Waals surface area contributed by atoms with E-state index in [1.165, 1.54) is 30.0 Å². The molecule has 9 nitrogen and oxygen atoms in total. The predicted octanol–water partition coefficient (Wildman–Crippen LogP) is 1.20. The molecular weight excluding hydrogens is 436 g/mol. The molecule has 3 aromatic rings. The second kappa shape index (κ2) is 10.1. The molecule has 10 heteroatoms. The molecule has 3 heterocycles. The van der Waals surface area contributed by atoms with Crippen molar-refractivity contribution in [2.24, 2.45) is 14.1 Å². The molecule has 172 valence electrons. The molecule has 1 aliphatic heterocycles. The van der Waals surface area contributed by atoms with Gasteiger partial charge in [-0.25, -0.2) is 4.79 Å². The molecule has 1 fully saturated rings. The van der Waals surface area contributed by atoms with Crippen LogP contribution in [0.25, 0.3) is 11.0 Å². The first kappa shape index (κ1) is 23.6. The van der Waals surface area contributed by atoms with Gasteiger partial charge in [-0.3, -0.25) is 23.6 Å². The molecule has 0 spiro atoms. The first-order chi connectivity index (χ1) is 15.0. The van der Waals surface area contributed by atoms with Crippen LogP contribution >= 0.6 is 12.4 Å². The summed E-state index contributed by atoms with van der Waals surface area (Å²) in [6.45, 7) is 4.51. The third kappa shape index (κ3) is 4.73. The highest BCUT2D eigenvalue weighted by Gasteiger charge is 2.20. The third-order valence-corrected chi connectivity index (χ3v) is 5.72. The summed E-state index contributed by atoms with van der Waals surface area (Å²) in [6.07, 6.45) is 2.21. The van der Waals surface area contributed by atoms with E-state index in [0.717, 1.165) is 43.7 Å². The topological polar surface area (TPSA) is 89.9 Å². The minimum atomic E-state index is -0.315. The summed E-state index contributed by atoms with van der Waals surface area (Å²) in [5.41, 5.74) is -0.200. The van der Waals surface area contributed by atoms with Gasteiger partial charge in [0.15, 0.2) is 5.43 Å². The van der Waals surface area contributed by atoms with Gasteiger partial charge in [0, 0.05) is 59.0 Å². The van der Waals surface area contributed by atoms with E-state index in [4.69, 9.17) is 9.15 Å². The second-order valence-electron chi connectivity index (χ2n) is 7.69. The molecule has 0 saturated carbocycles. The molecule has 0 bridgehead atoms. The number of benzene rings is 1. The van der Waals surface area contributed by atoms with Crippen LogP contribution in [0.3, 0.4) is 0 Å². The lowest BCUT2D eigenvalue weighted by Crippen LogP contribution is -2.49. The van der Waals surface area contributed by atoms with E-state index < -0.39 is 0 Å². The zero-order valence-corrected chi connectivity index (χ0v) is 19.0. The summed E-state index contributed by atoms with van der Waals surface area (Å²) in [7, 11) is 3.17. The van der Waals surface area contributed by atoms with E-state index in [1.54, 1.807) is 19.2 Å². The molecule has 2 aromatic heterocycles. The average Bonchev–Trinajstić information content (AvgIpc) is 2.78.